The molecule has 0 bridgehead atoms. The van der Waals surface area contributed by atoms with Crippen molar-refractivity contribution in [3.63, 3.8) is 0 Å². The molecule has 0 saturated heterocycles. The number of furan rings is 1. The molecule has 0 spiro atoms. The third kappa shape index (κ3) is 1.80. The van der Waals surface area contributed by atoms with E-state index in [0.717, 1.165) is 0 Å². The topological polar surface area (TPSA) is 55.1 Å². The smallest absolute Gasteiger partial charge is 0.291 e. The monoisotopic (exact) mass is 188 g/mol. The number of rotatable bonds is 2. The van der Waals surface area contributed by atoms with Gasteiger partial charge < -0.3 is 9.73 Å². The minimum absolute atomic E-state index is 0.263. The van der Waals surface area contributed by atoms with Gasteiger partial charge in [-0.05, 0) is 24.3 Å². The molecule has 2 heterocycles. The van der Waals surface area contributed by atoms with Gasteiger partial charge in [0.2, 0.25) is 0 Å². The summed E-state index contributed by atoms with van der Waals surface area (Å²) in [6, 6.07) is 6.69. The average Bonchev–Trinajstić information content (AvgIpc) is 2.72. The number of carbonyl (C=O) groups excluding carboxylic acids is 1. The zero-order valence-electron chi connectivity index (χ0n) is 7.31. The Bertz CT molecular complexity index is 409. The number of amides is 1. The fourth-order valence-electron chi connectivity index (χ4n) is 1.04. The van der Waals surface area contributed by atoms with E-state index in [2.05, 4.69) is 10.3 Å². The van der Waals surface area contributed by atoms with Crippen LogP contribution in [0.3, 0.4) is 0 Å². The van der Waals surface area contributed by atoms with E-state index < -0.39 is 0 Å². The fourth-order valence-corrected chi connectivity index (χ4v) is 1.04. The number of pyridine rings is 1. The van der Waals surface area contributed by atoms with Crippen LogP contribution in [0.2, 0.25) is 0 Å². The first-order valence-electron chi connectivity index (χ1n) is 4.11. The molecule has 1 N–H and O–H groups in total. The molecule has 0 aliphatic heterocycles. The predicted molar refractivity (Wildman–Crippen MR) is 50.9 cm³/mol. The molecule has 2 rings (SSSR count). The molecule has 0 atom stereocenters. The van der Waals surface area contributed by atoms with Crippen molar-refractivity contribution in [1.82, 2.24) is 4.98 Å². The van der Waals surface area contributed by atoms with E-state index in [1.54, 1.807) is 36.7 Å². The maximum absolute atomic E-state index is 11.4. The van der Waals surface area contributed by atoms with Gasteiger partial charge in [0.15, 0.2) is 5.76 Å². The Morgan fingerprint density at radius 1 is 1.29 bits per heavy atom. The Balaban J connectivity index is 2.10. The van der Waals surface area contributed by atoms with Crippen LogP contribution in [0.4, 0.5) is 5.69 Å². The highest BCUT2D eigenvalue weighted by molar-refractivity contribution is 6.02. The Kier molecular flexibility index (Phi) is 2.27. The molecule has 0 aliphatic rings. The summed E-state index contributed by atoms with van der Waals surface area (Å²) in [6.45, 7) is 0. The van der Waals surface area contributed by atoms with Crippen LogP contribution in [0.1, 0.15) is 10.6 Å². The molecule has 0 aliphatic carbocycles. The second kappa shape index (κ2) is 3.74. The molecule has 14 heavy (non-hydrogen) atoms. The summed E-state index contributed by atoms with van der Waals surface area (Å²) in [4.78, 5) is 15.3. The standard InChI is InChI=1S/C10H8N2O2/c13-10(9-2-1-7-14-9)12-8-3-5-11-6-4-8/h1-7H,(H,11,12,13). The molecular weight excluding hydrogens is 180 g/mol. The van der Waals surface area contributed by atoms with Gasteiger partial charge in [0, 0.05) is 18.1 Å². The molecule has 1 amide bonds. The summed E-state index contributed by atoms with van der Waals surface area (Å²) in [7, 11) is 0. The first-order chi connectivity index (χ1) is 6.86. The van der Waals surface area contributed by atoms with Gasteiger partial charge in [0.1, 0.15) is 0 Å². The molecule has 4 nitrogen and oxygen atoms in total. The van der Waals surface area contributed by atoms with E-state index >= 15 is 0 Å². The second-order valence-corrected chi connectivity index (χ2v) is 2.67. The molecule has 0 saturated carbocycles. The maximum atomic E-state index is 11.4. The van der Waals surface area contributed by atoms with Crippen LogP contribution in [0.25, 0.3) is 0 Å². The fraction of sp³-hybridized carbons (Fsp3) is 0. The summed E-state index contributed by atoms with van der Waals surface area (Å²) < 4.78 is 4.94. The largest absolute Gasteiger partial charge is 0.459 e. The van der Waals surface area contributed by atoms with Gasteiger partial charge in [0.05, 0.1) is 6.26 Å². The Morgan fingerprint density at radius 3 is 2.71 bits per heavy atom. The lowest BCUT2D eigenvalue weighted by atomic mass is 10.3. The van der Waals surface area contributed by atoms with E-state index in [1.807, 2.05) is 0 Å². The summed E-state index contributed by atoms with van der Waals surface area (Å²) in [5, 5.41) is 2.67. The molecule has 0 radical (unpaired) electrons. The van der Waals surface area contributed by atoms with Crippen molar-refractivity contribution in [2.24, 2.45) is 0 Å². The second-order valence-electron chi connectivity index (χ2n) is 2.67. The average molecular weight is 188 g/mol. The lowest BCUT2D eigenvalue weighted by Gasteiger charge is -2.00. The first kappa shape index (κ1) is 8.50. The minimum atomic E-state index is -0.263. The number of aromatic nitrogens is 1. The zero-order valence-corrected chi connectivity index (χ0v) is 7.31. The summed E-state index contributed by atoms with van der Waals surface area (Å²) in [5.74, 6) is 0.0306. The van der Waals surface area contributed by atoms with Gasteiger partial charge in [-0.15, -0.1) is 0 Å². The highest BCUT2D eigenvalue weighted by Gasteiger charge is 2.07. The van der Waals surface area contributed by atoms with Crippen molar-refractivity contribution in [2.75, 3.05) is 5.32 Å². The molecule has 2 aromatic rings. The number of nitrogens with one attached hydrogen (secondary N) is 1. The van der Waals surface area contributed by atoms with Gasteiger partial charge in [-0.1, -0.05) is 0 Å². The van der Waals surface area contributed by atoms with E-state index in [4.69, 9.17) is 4.42 Å². The van der Waals surface area contributed by atoms with Gasteiger partial charge in [0.25, 0.3) is 5.91 Å². The minimum Gasteiger partial charge on any atom is -0.459 e. The van der Waals surface area contributed by atoms with E-state index in [0.29, 0.717) is 11.4 Å². The number of nitrogens with zero attached hydrogens (tertiary/aromatic N) is 1. The number of hydrogen-bond donors (Lipinski definition) is 1. The Hall–Kier alpha value is -2.10. The van der Waals surface area contributed by atoms with E-state index in [1.165, 1.54) is 6.26 Å². The Morgan fingerprint density at radius 2 is 2.07 bits per heavy atom. The van der Waals surface area contributed by atoms with E-state index in [9.17, 15) is 4.79 Å². The van der Waals surface area contributed by atoms with Crippen LogP contribution in [-0.2, 0) is 0 Å². The van der Waals surface area contributed by atoms with Crippen LogP contribution in [-0.4, -0.2) is 10.9 Å². The van der Waals surface area contributed by atoms with Crippen molar-refractivity contribution in [2.45, 2.75) is 0 Å². The van der Waals surface area contributed by atoms with Crippen molar-refractivity contribution in [1.29, 1.82) is 0 Å². The quantitative estimate of drug-likeness (QED) is 0.783. The number of anilines is 1. The van der Waals surface area contributed by atoms with Crippen molar-refractivity contribution < 1.29 is 9.21 Å². The van der Waals surface area contributed by atoms with Crippen molar-refractivity contribution >= 4 is 11.6 Å². The highest BCUT2D eigenvalue weighted by Crippen LogP contribution is 2.07. The third-order valence-corrected chi connectivity index (χ3v) is 1.68. The van der Waals surface area contributed by atoms with Gasteiger partial charge in [-0.3, -0.25) is 9.78 Å². The lowest BCUT2D eigenvalue weighted by Crippen LogP contribution is -2.10. The SMILES string of the molecule is O=C(Nc1ccncc1)c1ccco1. The van der Waals surface area contributed by atoms with Crippen LogP contribution in [0.15, 0.2) is 47.3 Å². The maximum Gasteiger partial charge on any atom is 0.291 e. The van der Waals surface area contributed by atoms with Crippen LogP contribution in [0.5, 0.6) is 0 Å². The van der Waals surface area contributed by atoms with Crippen LogP contribution >= 0.6 is 0 Å². The molecule has 0 unspecified atom stereocenters. The molecule has 70 valence electrons. The molecular formula is C10H8N2O2. The Labute approximate surface area is 80.6 Å². The summed E-state index contributed by atoms with van der Waals surface area (Å²) >= 11 is 0. The number of carbonyl (C=O) groups is 1. The normalized spacial score (nSPS) is 9.71. The van der Waals surface area contributed by atoms with Gasteiger partial charge in [-0.25, -0.2) is 0 Å². The lowest BCUT2D eigenvalue weighted by molar-refractivity contribution is 0.0996. The summed E-state index contributed by atoms with van der Waals surface area (Å²) in [5.41, 5.74) is 0.696. The molecule has 0 fully saturated rings. The molecule has 2 aromatic heterocycles. The summed E-state index contributed by atoms with van der Waals surface area (Å²) in [6.07, 6.45) is 4.68. The van der Waals surface area contributed by atoms with Gasteiger partial charge >= 0.3 is 0 Å². The molecule has 4 heteroatoms. The predicted octanol–water partition coefficient (Wildman–Crippen LogP) is 1.93. The van der Waals surface area contributed by atoms with Crippen LogP contribution in [0, 0.1) is 0 Å². The first-order valence-corrected chi connectivity index (χ1v) is 4.11. The van der Waals surface area contributed by atoms with E-state index in [-0.39, 0.29) is 5.91 Å². The highest BCUT2D eigenvalue weighted by atomic mass is 16.3. The third-order valence-electron chi connectivity index (χ3n) is 1.68. The van der Waals surface area contributed by atoms with Crippen LogP contribution < -0.4 is 5.32 Å². The van der Waals surface area contributed by atoms with Crippen molar-refractivity contribution in [3.05, 3.63) is 48.7 Å². The van der Waals surface area contributed by atoms with Crippen molar-refractivity contribution in [3.8, 4) is 0 Å². The molecule has 0 aromatic carbocycles. The number of hydrogen-bond acceptors (Lipinski definition) is 3. The van der Waals surface area contributed by atoms with Gasteiger partial charge in [-0.2, -0.15) is 0 Å². The zero-order chi connectivity index (χ0) is 9.80.